The first-order valence-corrected chi connectivity index (χ1v) is 12.9. The third-order valence-electron chi connectivity index (χ3n) is 10.5. The molecule has 3 fully saturated rings. The van der Waals surface area contributed by atoms with Gasteiger partial charge >= 0.3 is 0 Å². The topological polar surface area (TPSA) is 118 Å². The van der Waals surface area contributed by atoms with Crippen LogP contribution in [0.5, 0.6) is 0 Å². The van der Waals surface area contributed by atoms with Crippen molar-refractivity contribution < 1.29 is 30.3 Å². The average Bonchev–Trinajstić information content (AvgIpc) is 2.99. The largest absolute Gasteiger partial charge is 0.393 e. The highest BCUT2D eigenvalue weighted by Gasteiger charge is 2.68. The Morgan fingerprint density at radius 2 is 1.73 bits per heavy atom. The summed E-state index contributed by atoms with van der Waals surface area (Å²) in [4.78, 5) is 13.2. The smallest absolute Gasteiger partial charge is 0.159 e. The fourth-order valence-electron chi connectivity index (χ4n) is 8.27. The number of aliphatic hydroxyl groups excluding tert-OH is 2. The highest BCUT2D eigenvalue weighted by atomic mass is 16.3. The van der Waals surface area contributed by atoms with Gasteiger partial charge in [-0.15, -0.1) is 0 Å². The molecule has 4 aliphatic rings. The van der Waals surface area contributed by atoms with Gasteiger partial charge in [0.05, 0.1) is 29.0 Å². The highest BCUT2D eigenvalue weighted by molar-refractivity contribution is 5.95. The molecule has 0 amide bonds. The molecule has 1 unspecified atom stereocenters. The minimum atomic E-state index is -1.42. The van der Waals surface area contributed by atoms with E-state index >= 15 is 0 Å². The third-order valence-corrected chi connectivity index (χ3v) is 10.5. The maximum atomic E-state index is 13.2. The van der Waals surface area contributed by atoms with Gasteiger partial charge in [0.1, 0.15) is 0 Å². The number of carbonyl (C=O) groups excluding carboxylic acids is 1. The van der Waals surface area contributed by atoms with Gasteiger partial charge in [0, 0.05) is 11.3 Å². The van der Waals surface area contributed by atoms with Gasteiger partial charge in [0.2, 0.25) is 0 Å². The number of hydrogen-bond acceptors (Lipinski definition) is 6. The van der Waals surface area contributed by atoms with Crippen LogP contribution in [0.3, 0.4) is 0 Å². The second-order valence-electron chi connectivity index (χ2n) is 13.0. The number of carbonyl (C=O) groups is 1. The zero-order valence-electron chi connectivity index (χ0n) is 21.0. The summed E-state index contributed by atoms with van der Waals surface area (Å²) in [6.07, 6.45) is 5.38. The number of hydrogen-bond donors (Lipinski definition) is 5. The number of aliphatic hydroxyl groups is 5. The maximum absolute atomic E-state index is 13.2. The zero-order chi connectivity index (χ0) is 24.6. The first kappa shape index (κ1) is 25.3. The van der Waals surface area contributed by atoms with Gasteiger partial charge in [0.25, 0.3) is 0 Å². The van der Waals surface area contributed by atoms with Crippen LogP contribution in [0.15, 0.2) is 11.6 Å². The van der Waals surface area contributed by atoms with E-state index in [4.69, 9.17) is 0 Å². The Balaban J connectivity index is 1.65. The summed E-state index contributed by atoms with van der Waals surface area (Å²) in [5.41, 5.74) is -3.64. The fraction of sp³-hybridized carbons (Fsp3) is 0.889. The van der Waals surface area contributed by atoms with Crippen molar-refractivity contribution in [1.29, 1.82) is 0 Å². The quantitative estimate of drug-likeness (QED) is 0.427. The molecule has 0 heterocycles. The van der Waals surface area contributed by atoms with E-state index in [-0.39, 0.29) is 35.4 Å². The minimum absolute atomic E-state index is 0.0144. The van der Waals surface area contributed by atoms with Crippen LogP contribution in [0, 0.1) is 28.6 Å². The number of ketones is 1. The number of fused-ring (bicyclic) bond motifs is 5. The summed E-state index contributed by atoms with van der Waals surface area (Å²) in [7, 11) is 0. The first-order valence-electron chi connectivity index (χ1n) is 12.9. The van der Waals surface area contributed by atoms with Crippen LogP contribution in [0.1, 0.15) is 92.4 Å². The molecule has 0 aromatic rings. The lowest BCUT2D eigenvalue weighted by molar-refractivity contribution is -0.172. The van der Waals surface area contributed by atoms with E-state index in [9.17, 15) is 30.3 Å². The molecule has 6 heteroatoms. The predicted octanol–water partition coefficient (Wildman–Crippen LogP) is 2.88. The molecule has 4 rings (SSSR count). The molecule has 0 aromatic carbocycles. The van der Waals surface area contributed by atoms with Gasteiger partial charge in [-0.05, 0) is 107 Å². The molecule has 4 aliphatic carbocycles. The van der Waals surface area contributed by atoms with E-state index in [0.29, 0.717) is 38.5 Å². The standard InChI is InChI=1S/C27H44O6/c1-23(2,31)10-9-22(30)26(5,32)21-8-13-27(33)18-15-20(29)19-14-16(28)6-11-24(19,3)17(18)7-12-25(21,27)4/h15-17,19,21-22,28,30-33H,6-14H2,1-5H3/t16-,17-,19-,21-,22+,24+,25+,26+,27?/m0/s1. The Morgan fingerprint density at radius 1 is 1.06 bits per heavy atom. The van der Waals surface area contributed by atoms with Gasteiger partial charge in [-0.2, -0.15) is 0 Å². The molecule has 0 radical (unpaired) electrons. The van der Waals surface area contributed by atoms with Crippen molar-refractivity contribution in [3.05, 3.63) is 11.6 Å². The molecule has 33 heavy (non-hydrogen) atoms. The molecule has 0 aromatic heterocycles. The lowest BCUT2D eigenvalue weighted by Crippen LogP contribution is -2.62. The summed E-state index contributed by atoms with van der Waals surface area (Å²) in [5, 5.41) is 55.0. The molecule has 6 nitrogen and oxygen atoms in total. The van der Waals surface area contributed by atoms with Crippen molar-refractivity contribution in [3.63, 3.8) is 0 Å². The Bertz CT molecular complexity index is 827. The van der Waals surface area contributed by atoms with E-state index in [1.165, 1.54) is 0 Å². The Morgan fingerprint density at radius 3 is 2.36 bits per heavy atom. The van der Waals surface area contributed by atoms with E-state index in [0.717, 1.165) is 18.4 Å². The Hall–Kier alpha value is -0.790. The van der Waals surface area contributed by atoms with E-state index in [2.05, 4.69) is 6.92 Å². The SMILES string of the molecule is CC(C)(O)CC[C@@H](O)[C@](C)(O)[C@H]1CCC2(O)C3=CC(=O)[C@@H]4C[C@@H](O)CC[C@]4(C)[C@H]3CC[C@]12C. The van der Waals surface area contributed by atoms with Crippen LogP contribution in [0.4, 0.5) is 0 Å². The summed E-state index contributed by atoms with van der Waals surface area (Å²) < 4.78 is 0. The van der Waals surface area contributed by atoms with Gasteiger partial charge in [-0.3, -0.25) is 4.79 Å². The lowest BCUT2D eigenvalue weighted by Gasteiger charge is -2.60. The predicted molar refractivity (Wildman–Crippen MR) is 125 cm³/mol. The monoisotopic (exact) mass is 464 g/mol. The summed E-state index contributed by atoms with van der Waals surface area (Å²) >= 11 is 0. The molecule has 0 spiro atoms. The summed E-state index contributed by atoms with van der Waals surface area (Å²) in [6, 6.07) is 0. The van der Waals surface area contributed by atoms with Crippen LogP contribution in [-0.4, -0.2) is 60.3 Å². The van der Waals surface area contributed by atoms with Crippen molar-refractivity contribution in [2.24, 2.45) is 28.6 Å². The molecule has 0 bridgehead atoms. The summed E-state index contributed by atoms with van der Waals surface area (Å²) in [5.74, 6) is -0.426. The van der Waals surface area contributed by atoms with Gasteiger partial charge in [0.15, 0.2) is 5.78 Å². The molecule has 0 aliphatic heterocycles. The van der Waals surface area contributed by atoms with Crippen molar-refractivity contribution >= 4 is 5.78 Å². The second-order valence-corrected chi connectivity index (χ2v) is 13.0. The van der Waals surface area contributed by atoms with Gasteiger partial charge in [-0.25, -0.2) is 0 Å². The average molecular weight is 465 g/mol. The molecule has 5 N–H and O–H groups in total. The van der Waals surface area contributed by atoms with Crippen LogP contribution in [0.25, 0.3) is 0 Å². The van der Waals surface area contributed by atoms with Crippen molar-refractivity contribution in [2.45, 2.75) is 121 Å². The minimum Gasteiger partial charge on any atom is -0.393 e. The van der Waals surface area contributed by atoms with Crippen LogP contribution in [0.2, 0.25) is 0 Å². The van der Waals surface area contributed by atoms with Crippen molar-refractivity contribution in [2.75, 3.05) is 0 Å². The van der Waals surface area contributed by atoms with E-state index < -0.39 is 34.4 Å². The normalized spacial score (nSPS) is 46.0. The van der Waals surface area contributed by atoms with E-state index in [1.54, 1.807) is 26.8 Å². The summed E-state index contributed by atoms with van der Waals surface area (Å²) in [6.45, 7) is 9.22. The Kier molecular flexibility index (Phi) is 6.03. The second kappa shape index (κ2) is 7.86. The third kappa shape index (κ3) is 3.76. The molecule has 188 valence electrons. The molecular weight excluding hydrogens is 420 g/mol. The fourth-order valence-corrected chi connectivity index (χ4v) is 8.27. The number of allylic oxidation sites excluding steroid dienone is 1. The van der Waals surface area contributed by atoms with Crippen LogP contribution < -0.4 is 0 Å². The zero-order valence-corrected chi connectivity index (χ0v) is 21.0. The van der Waals surface area contributed by atoms with Crippen molar-refractivity contribution in [1.82, 2.24) is 0 Å². The van der Waals surface area contributed by atoms with Crippen molar-refractivity contribution in [3.8, 4) is 0 Å². The highest BCUT2D eigenvalue weighted by Crippen LogP contribution is 2.68. The van der Waals surface area contributed by atoms with Gasteiger partial charge < -0.3 is 25.5 Å². The molecule has 3 saturated carbocycles. The first-order chi connectivity index (χ1) is 15.1. The molecule has 0 saturated heterocycles. The molecule has 9 atom stereocenters. The van der Waals surface area contributed by atoms with Gasteiger partial charge in [-0.1, -0.05) is 13.8 Å². The van der Waals surface area contributed by atoms with Crippen LogP contribution in [-0.2, 0) is 4.79 Å². The number of rotatable bonds is 5. The lowest BCUT2D eigenvalue weighted by atomic mass is 9.46. The maximum Gasteiger partial charge on any atom is 0.159 e. The molecular formula is C27H44O6. The van der Waals surface area contributed by atoms with E-state index in [1.807, 2.05) is 6.92 Å². The van der Waals surface area contributed by atoms with Crippen LogP contribution >= 0.6 is 0 Å². The Labute approximate surface area is 198 Å².